The van der Waals surface area contributed by atoms with Gasteiger partial charge in [-0.1, -0.05) is 36.4 Å². The van der Waals surface area contributed by atoms with Gasteiger partial charge in [-0.3, -0.25) is 10.2 Å². The zero-order valence-electron chi connectivity index (χ0n) is 13.8. The molecule has 0 atom stereocenters. The highest BCUT2D eigenvalue weighted by molar-refractivity contribution is 5.96. The highest BCUT2D eigenvalue weighted by Gasteiger charge is 2.09. The van der Waals surface area contributed by atoms with Gasteiger partial charge in [-0.15, -0.1) is 0 Å². The number of hydrazine groups is 1. The molecule has 0 saturated heterocycles. The van der Waals surface area contributed by atoms with Gasteiger partial charge in [0.2, 0.25) is 0 Å². The normalized spacial score (nSPS) is 9.61. The maximum absolute atomic E-state index is 11.2. The monoisotopic (exact) mass is 314 g/mol. The van der Waals surface area contributed by atoms with Crippen LogP contribution in [0.25, 0.3) is 0 Å². The number of aryl methyl sites for hydroxylation is 4. The summed E-state index contributed by atoms with van der Waals surface area (Å²) in [4.78, 5) is 21.9. The van der Waals surface area contributed by atoms with Crippen molar-refractivity contribution in [3.63, 3.8) is 0 Å². The number of carbonyl (C=O) groups excluding carboxylic acids is 1. The van der Waals surface area contributed by atoms with Crippen molar-refractivity contribution in [3.05, 3.63) is 69.8 Å². The summed E-state index contributed by atoms with van der Waals surface area (Å²) >= 11 is 0. The fourth-order valence-corrected chi connectivity index (χ4v) is 2.40. The molecule has 0 aliphatic rings. The van der Waals surface area contributed by atoms with Crippen LogP contribution in [0.1, 0.15) is 43.0 Å². The summed E-state index contributed by atoms with van der Waals surface area (Å²) in [5.41, 5.74) is 6.73. The first-order valence-electron chi connectivity index (χ1n) is 7.16. The summed E-state index contributed by atoms with van der Waals surface area (Å²) in [5, 5.41) is 8.75. The first-order valence-corrected chi connectivity index (χ1v) is 7.16. The molecule has 0 aliphatic carbocycles. The first-order chi connectivity index (χ1) is 10.8. The Hall–Kier alpha value is -2.66. The molecule has 5 heteroatoms. The van der Waals surface area contributed by atoms with Crippen LogP contribution in [-0.2, 0) is 0 Å². The summed E-state index contributed by atoms with van der Waals surface area (Å²) in [5.74, 6) is 3.96. The Bertz CT molecular complexity index is 684. The van der Waals surface area contributed by atoms with Crippen LogP contribution in [0.2, 0.25) is 0 Å². The van der Waals surface area contributed by atoms with Crippen LogP contribution in [0.4, 0.5) is 0 Å². The molecule has 0 bridgehead atoms. The Labute approximate surface area is 136 Å². The van der Waals surface area contributed by atoms with Crippen molar-refractivity contribution in [1.82, 2.24) is 5.43 Å². The number of hydrogen-bond acceptors (Lipinski definition) is 3. The van der Waals surface area contributed by atoms with E-state index in [1.54, 1.807) is 26.0 Å². The lowest BCUT2D eigenvalue weighted by Crippen LogP contribution is -2.31. The van der Waals surface area contributed by atoms with E-state index in [-0.39, 0.29) is 5.91 Å². The van der Waals surface area contributed by atoms with Gasteiger partial charge in [0, 0.05) is 5.56 Å². The van der Waals surface area contributed by atoms with Gasteiger partial charge in [-0.2, -0.15) is 0 Å². The van der Waals surface area contributed by atoms with Gasteiger partial charge >= 0.3 is 5.97 Å². The number of amides is 1. The van der Waals surface area contributed by atoms with Gasteiger partial charge in [0.05, 0.1) is 5.56 Å². The molecule has 2 aromatic carbocycles. The quantitative estimate of drug-likeness (QED) is 0.451. The molecule has 0 fully saturated rings. The molecule has 0 aliphatic heterocycles. The third-order valence-electron chi connectivity index (χ3n) is 3.53. The van der Waals surface area contributed by atoms with Gasteiger partial charge in [0.15, 0.2) is 0 Å². The number of nitrogens with two attached hydrogens (primary N) is 1. The summed E-state index contributed by atoms with van der Waals surface area (Å²) in [6.07, 6.45) is 0. The Morgan fingerprint density at radius 3 is 1.43 bits per heavy atom. The van der Waals surface area contributed by atoms with Crippen molar-refractivity contribution >= 4 is 11.9 Å². The lowest BCUT2D eigenvalue weighted by molar-refractivity contribution is 0.0695. The van der Waals surface area contributed by atoms with E-state index in [0.717, 1.165) is 22.3 Å². The van der Waals surface area contributed by atoms with Crippen LogP contribution in [0.15, 0.2) is 36.4 Å². The molecule has 122 valence electrons. The molecular weight excluding hydrogens is 292 g/mol. The van der Waals surface area contributed by atoms with Gasteiger partial charge in [-0.25, -0.2) is 10.6 Å². The second-order valence-electron chi connectivity index (χ2n) is 5.31. The van der Waals surface area contributed by atoms with Crippen molar-refractivity contribution in [2.24, 2.45) is 5.84 Å². The molecule has 0 aromatic heterocycles. The smallest absolute Gasteiger partial charge is 0.336 e. The first kappa shape index (κ1) is 18.4. The molecule has 0 radical (unpaired) electrons. The molecule has 0 unspecified atom stereocenters. The molecule has 2 rings (SSSR count). The predicted octanol–water partition coefficient (Wildman–Crippen LogP) is 2.91. The highest BCUT2D eigenvalue weighted by atomic mass is 16.4. The number of rotatable bonds is 2. The van der Waals surface area contributed by atoms with E-state index in [1.807, 2.05) is 38.1 Å². The molecule has 4 N–H and O–H groups in total. The fraction of sp³-hybridized carbons (Fsp3) is 0.222. The summed E-state index contributed by atoms with van der Waals surface area (Å²) in [7, 11) is 0. The van der Waals surface area contributed by atoms with E-state index in [4.69, 9.17) is 10.9 Å². The number of carboxylic acid groups (broad SMARTS) is 1. The minimum atomic E-state index is -0.847. The number of carbonyl (C=O) groups is 2. The van der Waals surface area contributed by atoms with Crippen LogP contribution in [0, 0.1) is 27.7 Å². The SMILES string of the molecule is Cc1cccc(C)c1C(=O)NN.Cc1cccc(C)c1C(=O)O. The van der Waals surface area contributed by atoms with Crippen LogP contribution in [0.3, 0.4) is 0 Å². The van der Waals surface area contributed by atoms with E-state index in [1.165, 1.54) is 0 Å². The average Bonchev–Trinajstić information content (AvgIpc) is 2.47. The standard InChI is InChI=1S/C9H12N2O.C9H10O2/c1-6-4-3-5-7(2)8(6)9(12)11-10;1-6-4-3-5-7(2)8(6)9(10)11/h3-5H,10H2,1-2H3,(H,11,12);3-5H,1-2H3,(H,10,11). The van der Waals surface area contributed by atoms with E-state index >= 15 is 0 Å². The molecule has 5 nitrogen and oxygen atoms in total. The largest absolute Gasteiger partial charge is 0.478 e. The van der Waals surface area contributed by atoms with Crippen molar-refractivity contribution in [3.8, 4) is 0 Å². The predicted molar refractivity (Wildman–Crippen MR) is 90.4 cm³/mol. The Morgan fingerprint density at radius 1 is 0.826 bits per heavy atom. The van der Waals surface area contributed by atoms with Gasteiger partial charge < -0.3 is 5.11 Å². The van der Waals surface area contributed by atoms with Gasteiger partial charge in [0.1, 0.15) is 0 Å². The number of benzene rings is 2. The number of hydrogen-bond donors (Lipinski definition) is 3. The average molecular weight is 314 g/mol. The van der Waals surface area contributed by atoms with Crippen molar-refractivity contribution < 1.29 is 14.7 Å². The molecule has 0 saturated carbocycles. The maximum atomic E-state index is 11.2. The maximum Gasteiger partial charge on any atom is 0.336 e. The lowest BCUT2D eigenvalue weighted by Gasteiger charge is -2.06. The zero-order chi connectivity index (χ0) is 17.6. The Morgan fingerprint density at radius 2 is 1.17 bits per heavy atom. The number of aromatic carboxylic acids is 1. The molecule has 0 spiro atoms. The van der Waals surface area contributed by atoms with Gasteiger partial charge in [-0.05, 0) is 49.9 Å². The van der Waals surface area contributed by atoms with Gasteiger partial charge in [0.25, 0.3) is 5.91 Å². The molecule has 23 heavy (non-hydrogen) atoms. The number of carboxylic acids is 1. The lowest BCUT2D eigenvalue weighted by atomic mass is 10.0. The minimum absolute atomic E-state index is 0.231. The minimum Gasteiger partial charge on any atom is -0.478 e. The second-order valence-corrected chi connectivity index (χ2v) is 5.31. The Kier molecular flexibility index (Phi) is 6.48. The van der Waals surface area contributed by atoms with E-state index in [9.17, 15) is 9.59 Å². The molecule has 2 aromatic rings. The van der Waals surface area contributed by atoms with E-state index in [0.29, 0.717) is 11.1 Å². The molecule has 0 heterocycles. The molecular formula is C18H22N2O3. The second kappa shape index (κ2) is 8.10. The Balaban J connectivity index is 0.000000231. The summed E-state index contributed by atoms with van der Waals surface area (Å²) in [6.45, 7) is 7.38. The molecule has 1 amide bonds. The highest BCUT2D eigenvalue weighted by Crippen LogP contribution is 2.13. The summed E-state index contributed by atoms with van der Waals surface area (Å²) in [6, 6.07) is 11.1. The third kappa shape index (κ3) is 4.66. The van der Waals surface area contributed by atoms with Crippen molar-refractivity contribution in [1.29, 1.82) is 0 Å². The van der Waals surface area contributed by atoms with Crippen molar-refractivity contribution in [2.75, 3.05) is 0 Å². The third-order valence-corrected chi connectivity index (χ3v) is 3.53. The summed E-state index contributed by atoms with van der Waals surface area (Å²) < 4.78 is 0. The van der Waals surface area contributed by atoms with Crippen LogP contribution in [0.5, 0.6) is 0 Å². The van der Waals surface area contributed by atoms with Crippen LogP contribution < -0.4 is 11.3 Å². The van der Waals surface area contributed by atoms with E-state index in [2.05, 4.69) is 5.43 Å². The van der Waals surface area contributed by atoms with E-state index < -0.39 is 5.97 Å². The van der Waals surface area contributed by atoms with Crippen LogP contribution in [-0.4, -0.2) is 17.0 Å². The topological polar surface area (TPSA) is 92.4 Å². The number of nitrogen functional groups attached to an aromatic ring is 1. The fourth-order valence-electron chi connectivity index (χ4n) is 2.40. The zero-order valence-corrected chi connectivity index (χ0v) is 13.8. The van der Waals surface area contributed by atoms with Crippen molar-refractivity contribution in [2.45, 2.75) is 27.7 Å². The van der Waals surface area contributed by atoms with Crippen LogP contribution >= 0.6 is 0 Å². The number of nitrogens with one attached hydrogen (secondary N) is 1.